The molecule has 0 saturated carbocycles. The number of nitrogens with one attached hydrogen (secondary N) is 1. The molecule has 0 radical (unpaired) electrons. The summed E-state index contributed by atoms with van der Waals surface area (Å²) in [5.41, 5.74) is 3.83. The van der Waals surface area contributed by atoms with Gasteiger partial charge in [0.1, 0.15) is 11.6 Å². The van der Waals surface area contributed by atoms with Gasteiger partial charge in [-0.25, -0.2) is 4.98 Å². The zero-order chi connectivity index (χ0) is 21.5. The zero-order valence-corrected chi connectivity index (χ0v) is 17.6. The van der Waals surface area contributed by atoms with E-state index in [9.17, 15) is 4.79 Å². The van der Waals surface area contributed by atoms with Gasteiger partial charge in [-0.1, -0.05) is 29.8 Å². The highest BCUT2D eigenvalue weighted by atomic mass is 16.5. The highest BCUT2D eigenvalue weighted by molar-refractivity contribution is 5.93. The molecule has 0 fully saturated rings. The second-order valence-corrected chi connectivity index (χ2v) is 7.46. The second kappa shape index (κ2) is 9.89. The van der Waals surface area contributed by atoms with Crippen LogP contribution < -0.4 is 10.1 Å². The maximum Gasteiger partial charge on any atom is 0.251 e. The summed E-state index contributed by atoms with van der Waals surface area (Å²) in [6.45, 7) is 3.92. The molecule has 158 valence electrons. The van der Waals surface area contributed by atoms with Crippen molar-refractivity contribution < 1.29 is 9.53 Å². The molecule has 0 aliphatic heterocycles. The molecular weight excluding hydrogens is 388 g/mol. The van der Waals surface area contributed by atoms with Crippen LogP contribution >= 0.6 is 0 Å². The first kappa shape index (κ1) is 20.6. The molecule has 6 heteroatoms. The van der Waals surface area contributed by atoms with E-state index in [-0.39, 0.29) is 5.91 Å². The number of para-hydroxylation sites is 2. The standard InChI is InChI=1S/C25H26N4O2/c1-19-8-10-21(11-9-19)31-17-5-4-16-29-23-7-3-2-6-22(23)28-24(29)18-27-25(30)20-12-14-26-15-13-20/h2-3,6-15H,4-5,16-18H2,1H3,(H,27,30). The van der Waals surface area contributed by atoms with Gasteiger partial charge in [-0.05, 0) is 56.2 Å². The lowest BCUT2D eigenvalue weighted by molar-refractivity contribution is 0.0949. The third-order valence-electron chi connectivity index (χ3n) is 5.15. The first-order valence-corrected chi connectivity index (χ1v) is 10.5. The highest BCUT2D eigenvalue weighted by Gasteiger charge is 2.12. The van der Waals surface area contributed by atoms with Crippen molar-refractivity contribution in [3.8, 4) is 5.75 Å². The summed E-state index contributed by atoms with van der Waals surface area (Å²) >= 11 is 0. The Morgan fingerprint density at radius 1 is 1.00 bits per heavy atom. The summed E-state index contributed by atoms with van der Waals surface area (Å²) in [7, 11) is 0. The first-order chi connectivity index (χ1) is 15.2. The van der Waals surface area contributed by atoms with E-state index in [1.54, 1.807) is 24.5 Å². The molecule has 2 heterocycles. The van der Waals surface area contributed by atoms with Gasteiger partial charge in [0.05, 0.1) is 24.2 Å². The molecule has 0 aliphatic rings. The van der Waals surface area contributed by atoms with Gasteiger partial charge in [0.2, 0.25) is 0 Å². The molecule has 0 atom stereocenters. The number of carbonyl (C=O) groups excluding carboxylic acids is 1. The number of ether oxygens (including phenoxy) is 1. The van der Waals surface area contributed by atoms with Gasteiger partial charge in [0.25, 0.3) is 5.91 Å². The van der Waals surface area contributed by atoms with Crippen LogP contribution in [0.5, 0.6) is 5.75 Å². The Morgan fingerprint density at radius 2 is 1.77 bits per heavy atom. The molecule has 1 N–H and O–H groups in total. The van der Waals surface area contributed by atoms with Gasteiger partial charge < -0.3 is 14.6 Å². The van der Waals surface area contributed by atoms with Gasteiger partial charge in [-0.15, -0.1) is 0 Å². The molecular formula is C25H26N4O2. The van der Waals surface area contributed by atoms with E-state index in [1.807, 2.05) is 30.3 Å². The van der Waals surface area contributed by atoms with Crippen molar-refractivity contribution in [3.63, 3.8) is 0 Å². The molecule has 6 nitrogen and oxygen atoms in total. The molecule has 0 aliphatic carbocycles. The topological polar surface area (TPSA) is 69.0 Å². The summed E-state index contributed by atoms with van der Waals surface area (Å²) in [5, 5.41) is 2.97. The van der Waals surface area contributed by atoms with Crippen LogP contribution in [0.1, 0.15) is 34.6 Å². The van der Waals surface area contributed by atoms with E-state index in [0.717, 1.165) is 42.0 Å². The van der Waals surface area contributed by atoms with E-state index >= 15 is 0 Å². The number of aromatic nitrogens is 3. The Balaban J connectivity index is 1.37. The fourth-order valence-corrected chi connectivity index (χ4v) is 3.47. The number of amides is 1. The Hall–Kier alpha value is -3.67. The molecule has 2 aromatic heterocycles. The number of fused-ring (bicyclic) bond motifs is 1. The molecule has 0 saturated heterocycles. The van der Waals surface area contributed by atoms with Crippen LogP contribution in [0, 0.1) is 6.92 Å². The Kier molecular flexibility index (Phi) is 6.57. The van der Waals surface area contributed by atoms with Crippen LogP contribution in [0.3, 0.4) is 0 Å². The Labute approximate surface area is 181 Å². The van der Waals surface area contributed by atoms with Crippen LogP contribution in [0.25, 0.3) is 11.0 Å². The summed E-state index contributed by atoms with van der Waals surface area (Å²) in [5.74, 6) is 1.62. The average Bonchev–Trinajstić information content (AvgIpc) is 3.16. The molecule has 4 aromatic rings. The van der Waals surface area contributed by atoms with Crippen molar-refractivity contribution in [2.45, 2.75) is 32.9 Å². The summed E-state index contributed by atoms with van der Waals surface area (Å²) in [4.78, 5) is 21.1. The van der Waals surface area contributed by atoms with Gasteiger partial charge in [0, 0.05) is 24.5 Å². The molecule has 4 rings (SSSR count). The normalized spacial score (nSPS) is 10.9. The zero-order valence-electron chi connectivity index (χ0n) is 17.6. The third kappa shape index (κ3) is 5.28. The lowest BCUT2D eigenvalue weighted by Gasteiger charge is -2.11. The molecule has 0 unspecified atom stereocenters. The van der Waals surface area contributed by atoms with Crippen molar-refractivity contribution in [3.05, 3.63) is 90.0 Å². The van der Waals surface area contributed by atoms with Crippen molar-refractivity contribution in [2.75, 3.05) is 6.61 Å². The minimum Gasteiger partial charge on any atom is -0.494 e. The van der Waals surface area contributed by atoms with Crippen LogP contribution in [-0.4, -0.2) is 27.0 Å². The number of benzene rings is 2. The van der Waals surface area contributed by atoms with E-state index in [0.29, 0.717) is 18.7 Å². The van der Waals surface area contributed by atoms with Crippen LogP contribution in [0.15, 0.2) is 73.1 Å². The molecule has 2 aromatic carbocycles. The number of carbonyl (C=O) groups is 1. The number of nitrogens with zero attached hydrogens (tertiary/aromatic N) is 3. The van der Waals surface area contributed by atoms with Crippen molar-refractivity contribution >= 4 is 16.9 Å². The molecule has 31 heavy (non-hydrogen) atoms. The summed E-state index contributed by atoms with van der Waals surface area (Å²) < 4.78 is 8.03. The minimum atomic E-state index is -0.132. The average molecular weight is 415 g/mol. The number of hydrogen-bond acceptors (Lipinski definition) is 4. The number of pyridine rings is 1. The Bertz CT molecular complexity index is 1140. The fourth-order valence-electron chi connectivity index (χ4n) is 3.47. The van der Waals surface area contributed by atoms with Crippen molar-refractivity contribution in [1.29, 1.82) is 0 Å². The van der Waals surface area contributed by atoms with Crippen LogP contribution in [-0.2, 0) is 13.1 Å². The number of hydrogen-bond donors (Lipinski definition) is 1. The minimum absolute atomic E-state index is 0.132. The predicted molar refractivity (Wildman–Crippen MR) is 121 cm³/mol. The number of imidazole rings is 1. The maximum atomic E-state index is 12.4. The number of unbranched alkanes of at least 4 members (excludes halogenated alkanes) is 1. The number of rotatable bonds is 9. The quantitative estimate of drug-likeness (QED) is 0.409. The number of aryl methyl sites for hydroxylation is 2. The van der Waals surface area contributed by atoms with Crippen molar-refractivity contribution in [2.24, 2.45) is 0 Å². The van der Waals surface area contributed by atoms with Crippen LogP contribution in [0.2, 0.25) is 0 Å². The summed E-state index contributed by atoms with van der Waals surface area (Å²) in [6.07, 6.45) is 5.12. The SMILES string of the molecule is Cc1ccc(OCCCCn2c(CNC(=O)c3ccncc3)nc3ccccc32)cc1. The third-order valence-corrected chi connectivity index (χ3v) is 5.15. The lowest BCUT2D eigenvalue weighted by Crippen LogP contribution is -2.24. The monoisotopic (exact) mass is 414 g/mol. The lowest BCUT2D eigenvalue weighted by atomic mass is 10.2. The van der Waals surface area contributed by atoms with E-state index in [2.05, 4.69) is 40.0 Å². The van der Waals surface area contributed by atoms with E-state index in [1.165, 1.54) is 5.56 Å². The Morgan fingerprint density at radius 3 is 2.58 bits per heavy atom. The smallest absolute Gasteiger partial charge is 0.251 e. The predicted octanol–water partition coefficient (Wildman–Crippen LogP) is 4.53. The fraction of sp³-hybridized carbons (Fsp3) is 0.240. The highest BCUT2D eigenvalue weighted by Crippen LogP contribution is 2.18. The van der Waals surface area contributed by atoms with E-state index < -0.39 is 0 Å². The largest absolute Gasteiger partial charge is 0.494 e. The molecule has 0 spiro atoms. The second-order valence-electron chi connectivity index (χ2n) is 7.46. The van der Waals surface area contributed by atoms with Gasteiger partial charge in [0.15, 0.2) is 0 Å². The van der Waals surface area contributed by atoms with E-state index in [4.69, 9.17) is 9.72 Å². The molecule has 1 amide bonds. The molecule has 0 bridgehead atoms. The first-order valence-electron chi connectivity index (χ1n) is 10.5. The van der Waals surface area contributed by atoms with Crippen LogP contribution in [0.4, 0.5) is 0 Å². The maximum absolute atomic E-state index is 12.4. The van der Waals surface area contributed by atoms with Crippen molar-refractivity contribution in [1.82, 2.24) is 19.9 Å². The van der Waals surface area contributed by atoms with Gasteiger partial charge >= 0.3 is 0 Å². The summed E-state index contributed by atoms with van der Waals surface area (Å²) in [6, 6.07) is 19.6. The van der Waals surface area contributed by atoms with Gasteiger partial charge in [-0.2, -0.15) is 0 Å². The van der Waals surface area contributed by atoms with Gasteiger partial charge in [-0.3, -0.25) is 9.78 Å².